The van der Waals surface area contributed by atoms with Gasteiger partial charge < -0.3 is 19.8 Å². The molecule has 0 aliphatic carbocycles. The number of thioether (sulfide) groups is 1. The fraction of sp³-hybridized carbons (Fsp3) is 0.452. The highest BCUT2D eigenvalue weighted by Crippen LogP contribution is 2.66. The van der Waals surface area contributed by atoms with Crippen LogP contribution in [0.25, 0.3) is 10.8 Å². The second-order valence-electron chi connectivity index (χ2n) is 11.7. The van der Waals surface area contributed by atoms with E-state index in [1.807, 2.05) is 81.5 Å². The van der Waals surface area contributed by atoms with Crippen molar-refractivity contribution in [2.24, 2.45) is 17.8 Å². The minimum Gasteiger partial charge on any atom is -0.394 e. The molecule has 6 rings (SSSR count). The van der Waals surface area contributed by atoms with Gasteiger partial charge in [0.05, 0.1) is 29.2 Å². The third kappa shape index (κ3) is 3.71. The molecule has 2 fully saturated rings. The molecule has 4 aliphatic rings. The number of aliphatic hydroxyl groups is 1. The number of hydrogen-bond donors (Lipinski definition) is 1. The molecule has 6 atom stereocenters. The van der Waals surface area contributed by atoms with Crippen molar-refractivity contribution in [1.82, 2.24) is 9.80 Å². The summed E-state index contributed by atoms with van der Waals surface area (Å²) in [5, 5.41) is 12.6. The second kappa shape index (κ2) is 9.24. The van der Waals surface area contributed by atoms with Gasteiger partial charge in [0.1, 0.15) is 6.04 Å². The van der Waals surface area contributed by atoms with Crippen LogP contribution in [0, 0.1) is 17.8 Å². The fourth-order valence-corrected chi connectivity index (χ4v) is 9.28. The van der Waals surface area contributed by atoms with E-state index >= 15 is 0 Å². The maximum absolute atomic E-state index is 14.7. The van der Waals surface area contributed by atoms with Gasteiger partial charge in [-0.15, -0.1) is 11.8 Å². The highest BCUT2D eigenvalue weighted by molar-refractivity contribution is 8.02. The van der Waals surface area contributed by atoms with Crippen molar-refractivity contribution in [3.8, 4) is 0 Å². The van der Waals surface area contributed by atoms with E-state index in [2.05, 4.69) is 6.08 Å². The van der Waals surface area contributed by atoms with Crippen molar-refractivity contribution in [1.29, 1.82) is 0 Å². The first kappa shape index (κ1) is 26.1. The lowest BCUT2D eigenvalue weighted by Gasteiger charge is -2.41. The molecule has 0 radical (unpaired) electrons. The molecule has 4 aliphatic heterocycles. The fourth-order valence-electron chi connectivity index (χ4n) is 7.14. The number of amides is 3. The Kier molecular flexibility index (Phi) is 6.19. The molecule has 1 spiro atoms. The number of fused-ring (bicyclic) bond motifs is 3. The Balaban J connectivity index is 1.52. The zero-order chi connectivity index (χ0) is 27.7. The van der Waals surface area contributed by atoms with Gasteiger partial charge in [0, 0.05) is 30.6 Å². The minimum atomic E-state index is -0.931. The lowest BCUT2D eigenvalue weighted by atomic mass is 9.74. The number of nitrogens with zero attached hydrogens (tertiary/aromatic N) is 3. The van der Waals surface area contributed by atoms with E-state index in [9.17, 15) is 19.5 Å². The monoisotopic (exact) mass is 545 g/mol. The first-order valence-electron chi connectivity index (χ1n) is 13.7. The van der Waals surface area contributed by atoms with Crippen LogP contribution in [0.5, 0.6) is 0 Å². The van der Waals surface area contributed by atoms with Crippen LogP contribution in [0.1, 0.15) is 20.8 Å². The number of aliphatic hydroxyl groups excluding tert-OH is 1. The topological polar surface area (TPSA) is 81.2 Å². The van der Waals surface area contributed by atoms with Crippen molar-refractivity contribution in [2.75, 3.05) is 31.6 Å². The van der Waals surface area contributed by atoms with E-state index in [1.165, 1.54) is 0 Å². The van der Waals surface area contributed by atoms with Gasteiger partial charge in [0.2, 0.25) is 11.8 Å². The van der Waals surface area contributed by atoms with Gasteiger partial charge in [0.25, 0.3) is 5.91 Å². The summed E-state index contributed by atoms with van der Waals surface area (Å²) < 4.78 is -1.57. The highest BCUT2D eigenvalue weighted by Gasteiger charge is 2.74. The predicted molar refractivity (Wildman–Crippen MR) is 154 cm³/mol. The normalized spacial score (nSPS) is 32.9. The smallest absolute Gasteiger partial charge is 0.251 e. The number of carbonyl (C=O) groups is 3. The van der Waals surface area contributed by atoms with Gasteiger partial charge in [-0.05, 0) is 35.7 Å². The van der Waals surface area contributed by atoms with E-state index in [1.54, 1.807) is 33.5 Å². The molecule has 1 N–H and O–H groups in total. The molecular weight excluding hydrogens is 510 g/mol. The minimum absolute atomic E-state index is 0.0761. The highest BCUT2D eigenvalue weighted by atomic mass is 32.2. The zero-order valence-electron chi connectivity index (χ0n) is 22.8. The average molecular weight is 546 g/mol. The molecule has 7 nitrogen and oxygen atoms in total. The summed E-state index contributed by atoms with van der Waals surface area (Å²) in [5.41, 5.74) is 0.764. The number of carbonyl (C=O) groups excluding carboxylic acids is 3. The van der Waals surface area contributed by atoms with Crippen molar-refractivity contribution in [2.45, 2.75) is 42.3 Å². The van der Waals surface area contributed by atoms with Crippen LogP contribution < -0.4 is 4.90 Å². The molecule has 204 valence electrons. The van der Waals surface area contributed by atoms with E-state index in [0.717, 1.165) is 16.5 Å². The van der Waals surface area contributed by atoms with E-state index in [0.29, 0.717) is 13.1 Å². The molecule has 3 amide bonds. The standard InChI is InChI=1S/C31H35N3O4S/c1-19(2)23(18-35)34-26-29(38)33(22-12-11-20-9-5-6-10-21(20)17-22)16-8-14-31(26)25(28(34)37)24-27(36)32(4)15-7-13-30(24,3)39-31/h5-14,17,19,23-26,35H,15-16,18H2,1-4H3/t23-,24+,25-,26?,30-,31-/m0/s1. The molecule has 2 aromatic rings. The first-order chi connectivity index (χ1) is 18.6. The lowest BCUT2D eigenvalue weighted by Crippen LogP contribution is -2.58. The van der Waals surface area contributed by atoms with Crippen LogP contribution in [0.15, 0.2) is 66.8 Å². The van der Waals surface area contributed by atoms with Gasteiger partial charge in [0.15, 0.2) is 0 Å². The van der Waals surface area contributed by atoms with E-state index in [-0.39, 0.29) is 30.2 Å². The van der Waals surface area contributed by atoms with Gasteiger partial charge in [-0.1, -0.05) is 68.5 Å². The van der Waals surface area contributed by atoms with Crippen LogP contribution in [-0.4, -0.2) is 80.9 Å². The lowest BCUT2D eigenvalue weighted by molar-refractivity contribution is -0.145. The van der Waals surface area contributed by atoms with Gasteiger partial charge in [-0.2, -0.15) is 0 Å². The number of hydrogen-bond acceptors (Lipinski definition) is 5. The molecule has 4 heterocycles. The van der Waals surface area contributed by atoms with Crippen LogP contribution in [0.3, 0.4) is 0 Å². The van der Waals surface area contributed by atoms with E-state index < -0.39 is 33.4 Å². The SMILES string of the molecule is CC(C)[C@H](CO)N1C(=O)[C@@H]2[C@@H]3C(=O)N(C)CC=C[C@]3(C)S[C@@]23C=CCN(c2ccc4ccccc4c2)C(=O)C13. The Morgan fingerprint density at radius 2 is 1.67 bits per heavy atom. The predicted octanol–water partition coefficient (Wildman–Crippen LogP) is 3.48. The Hall–Kier alpha value is -3.10. The van der Waals surface area contributed by atoms with Crippen LogP contribution in [0.2, 0.25) is 0 Å². The quantitative estimate of drug-likeness (QED) is 0.595. The Labute approximate surface area is 233 Å². The third-order valence-electron chi connectivity index (χ3n) is 9.05. The molecule has 39 heavy (non-hydrogen) atoms. The molecule has 2 saturated heterocycles. The summed E-state index contributed by atoms with van der Waals surface area (Å²) in [4.78, 5) is 48.0. The number of likely N-dealkylation sites (tertiary alicyclic amines) is 1. The third-order valence-corrected chi connectivity index (χ3v) is 10.9. The number of benzene rings is 2. The summed E-state index contributed by atoms with van der Waals surface area (Å²) in [6.07, 6.45) is 8.06. The summed E-state index contributed by atoms with van der Waals surface area (Å²) in [6.45, 7) is 6.53. The van der Waals surface area contributed by atoms with Crippen molar-refractivity contribution >= 4 is 45.9 Å². The summed E-state index contributed by atoms with van der Waals surface area (Å²) in [6, 6.07) is 12.6. The number of rotatable bonds is 4. The Bertz CT molecular complexity index is 1420. The largest absolute Gasteiger partial charge is 0.394 e. The van der Waals surface area contributed by atoms with Gasteiger partial charge >= 0.3 is 0 Å². The summed E-state index contributed by atoms with van der Waals surface area (Å²) >= 11 is 1.57. The molecule has 0 saturated carbocycles. The maximum atomic E-state index is 14.7. The average Bonchev–Trinajstić information content (AvgIpc) is 3.18. The first-order valence-corrected chi connectivity index (χ1v) is 14.5. The molecule has 2 aromatic carbocycles. The summed E-state index contributed by atoms with van der Waals surface area (Å²) in [5.74, 6) is -1.87. The summed E-state index contributed by atoms with van der Waals surface area (Å²) in [7, 11) is 1.77. The van der Waals surface area contributed by atoms with Crippen LogP contribution in [0.4, 0.5) is 5.69 Å². The van der Waals surface area contributed by atoms with Crippen molar-refractivity contribution < 1.29 is 19.5 Å². The number of likely N-dealkylation sites (N-methyl/N-ethyl adjacent to an activating group) is 1. The molecule has 0 aromatic heterocycles. The maximum Gasteiger partial charge on any atom is 0.251 e. The Morgan fingerprint density at radius 3 is 2.38 bits per heavy atom. The van der Waals surface area contributed by atoms with Gasteiger partial charge in [-0.25, -0.2) is 0 Å². The molecular formula is C31H35N3O4S. The van der Waals surface area contributed by atoms with Crippen molar-refractivity contribution in [3.05, 3.63) is 66.8 Å². The van der Waals surface area contributed by atoms with E-state index in [4.69, 9.17) is 0 Å². The van der Waals surface area contributed by atoms with Crippen LogP contribution in [-0.2, 0) is 14.4 Å². The molecule has 8 heteroatoms. The molecule has 1 unspecified atom stereocenters. The molecule has 0 bridgehead atoms. The van der Waals surface area contributed by atoms with Crippen LogP contribution >= 0.6 is 11.8 Å². The zero-order valence-corrected chi connectivity index (χ0v) is 23.6. The van der Waals surface area contributed by atoms with Crippen molar-refractivity contribution in [3.63, 3.8) is 0 Å². The number of anilines is 1. The Morgan fingerprint density at radius 1 is 0.949 bits per heavy atom. The second-order valence-corrected chi connectivity index (χ2v) is 13.5. The van der Waals surface area contributed by atoms with Gasteiger partial charge in [-0.3, -0.25) is 14.4 Å².